The van der Waals surface area contributed by atoms with E-state index in [1.165, 1.54) is 64.8 Å². The van der Waals surface area contributed by atoms with Crippen LogP contribution < -0.4 is 5.32 Å². The molecule has 0 saturated carbocycles. The zero-order valence-corrected chi connectivity index (χ0v) is 11.6. The van der Waals surface area contributed by atoms with E-state index in [9.17, 15) is 0 Å². The van der Waals surface area contributed by atoms with Crippen molar-refractivity contribution in [2.24, 2.45) is 0 Å². The van der Waals surface area contributed by atoms with Gasteiger partial charge in [0, 0.05) is 25.2 Å². The number of nitrogens with one attached hydrogen (secondary N) is 1. The van der Waals surface area contributed by atoms with Gasteiger partial charge in [-0.3, -0.25) is 4.90 Å². The Labute approximate surface area is 107 Å². The first-order valence-electron chi connectivity index (χ1n) is 7.46. The molecule has 0 aromatic carbocycles. The molecule has 2 fully saturated rings. The Morgan fingerprint density at radius 3 is 2.71 bits per heavy atom. The van der Waals surface area contributed by atoms with Crippen molar-refractivity contribution in [3.05, 3.63) is 0 Å². The SMILES string of the molecule is CCCN(C1CCCNC1)C1CCCN(C)C1. The number of likely N-dealkylation sites (N-methyl/N-ethyl adjacent to an activating group) is 1. The Morgan fingerprint density at radius 1 is 1.24 bits per heavy atom. The zero-order chi connectivity index (χ0) is 12.1. The highest BCUT2D eigenvalue weighted by Crippen LogP contribution is 2.20. The zero-order valence-electron chi connectivity index (χ0n) is 11.6. The minimum Gasteiger partial charge on any atom is -0.315 e. The van der Waals surface area contributed by atoms with Crippen LogP contribution in [0.15, 0.2) is 0 Å². The van der Waals surface area contributed by atoms with E-state index in [1.807, 2.05) is 0 Å². The molecule has 0 radical (unpaired) electrons. The lowest BCUT2D eigenvalue weighted by molar-refractivity contribution is 0.0628. The fourth-order valence-corrected chi connectivity index (χ4v) is 3.45. The van der Waals surface area contributed by atoms with Crippen LogP contribution in [0.3, 0.4) is 0 Å². The van der Waals surface area contributed by atoms with Gasteiger partial charge in [0.2, 0.25) is 0 Å². The molecule has 0 spiro atoms. The van der Waals surface area contributed by atoms with Crippen molar-refractivity contribution in [3.63, 3.8) is 0 Å². The summed E-state index contributed by atoms with van der Waals surface area (Å²) in [5.74, 6) is 0. The molecule has 0 aromatic heterocycles. The van der Waals surface area contributed by atoms with E-state index < -0.39 is 0 Å². The number of hydrogen-bond donors (Lipinski definition) is 1. The summed E-state index contributed by atoms with van der Waals surface area (Å²) >= 11 is 0. The third-order valence-corrected chi connectivity index (χ3v) is 4.29. The normalized spacial score (nSPS) is 31.9. The first-order chi connectivity index (χ1) is 8.31. The monoisotopic (exact) mass is 239 g/mol. The topological polar surface area (TPSA) is 18.5 Å². The molecule has 2 atom stereocenters. The summed E-state index contributed by atoms with van der Waals surface area (Å²) in [7, 11) is 2.27. The smallest absolute Gasteiger partial charge is 0.0227 e. The Bertz CT molecular complexity index is 214. The molecule has 0 amide bonds. The lowest BCUT2D eigenvalue weighted by Gasteiger charge is -2.43. The van der Waals surface area contributed by atoms with Gasteiger partial charge >= 0.3 is 0 Å². The van der Waals surface area contributed by atoms with Gasteiger partial charge in [0.15, 0.2) is 0 Å². The lowest BCUT2D eigenvalue weighted by atomic mass is 9.98. The van der Waals surface area contributed by atoms with E-state index >= 15 is 0 Å². The molecule has 3 heteroatoms. The molecular weight excluding hydrogens is 210 g/mol. The number of hydrogen-bond acceptors (Lipinski definition) is 3. The fraction of sp³-hybridized carbons (Fsp3) is 1.00. The number of likely N-dealkylation sites (tertiary alicyclic amines) is 1. The van der Waals surface area contributed by atoms with Gasteiger partial charge in [-0.05, 0) is 58.8 Å². The molecule has 3 nitrogen and oxygen atoms in total. The van der Waals surface area contributed by atoms with Crippen molar-refractivity contribution >= 4 is 0 Å². The molecule has 2 aliphatic rings. The second-order valence-corrected chi connectivity index (χ2v) is 5.80. The first-order valence-corrected chi connectivity index (χ1v) is 7.46. The van der Waals surface area contributed by atoms with Crippen LogP contribution in [0.25, 0.3) is 0 Å². The third kappa shape index (κ3) is 3.67. The van der Waals surface area contributed by atoms with E-state index in [2.05, 4.69) is 29.1 Å². The number of rotatable bonds is 4. The van der Waals surface area contributed by atoms with Gasteiger partial charge in [-0.15, -0.1) is 0 Å². The summed E-state index contributed by atoms with van der Waals surface area (Å²) in [6.45, 7) is 8.60. The molecule has 0 bridgehead atoms. The summed E-state index contributed by atoms with van der Waals surface area (Å²) in [5.41, 5.74) is 0. The fourth-order valence-electron chi connectivity index (χ4n) is 3.45. The predicted molar refractivity (Wildman–Crippen MR) is 73.4 cm³/mol. The summed E-state index contributed by atoms with van der Waals surface area (Å²) in [5, 5.41) is 3.57. The second-order valence-electron chi connectivity index (χ2n) is 5.80. The molecular formula is C14H29N3. The van der Waals surface area contributed by atoms with Gasteiger partial charge in [-0.1, -0.05) is 6.92 Å². The van der Waals surface area contributed by atoms with Crippen LogP contribution in [0, 0.1) is 0 Å². The van der Waals surface area contributed by atoms with Crippen molar-refractivity contribution in [1.29, 1.82) is 0 Å². The minimum absolute atomic E-state index is 0.792. The van der Waals surface area contributed by atoms with Gasteiger partial charge in [-0.25, -0.2) is 0 Å². The van der Waals surface area contributed by atoms with Crippen molar-refractivity contribution in [3.8, 4) is 0 Å². The maximum absolute atomic E-state index is 3.57. The maximum Gasteiger partial charge on any atom is 0.0227 e. The second kappa shape index (κ2) is 6.72. The summed E-state index contributed by atoms with van der Waals surface area (Å²) in [6, 6.07) is 1.60. The highest BCUT2D eigenvalue weighted by molar-refractivity contribution is 4.86. The highest BCUT2D eigenvalue weighted by Gasteiger charge is 2.29. The summed E-state index contributed by atoms with van der Waals surface area (Å²) < 4.78 is 0. The van der Waals surface area contributed by atoms with Crippen LogP contribution in [0.1, 0.15) is 39.0 Å². The van der Waals surface area contributed by atoms with Crippen LogP contribution in [0.4, 0.5) is 0 Å². The quantitative estimate of drug-likeness (QED) is 0.803. The van der Waals surface area contributed by atoms with Crippen molar-refractivity contribution < 1.29 is 0 Å². The Kier molecular flexibility index (Phi) is 5.26. The van der Waals surface area contributed by atoms with Crippen molar-refractivity contribution in [2.75, 3.05) is 39.8 Å². The molecule has 17 heavy (non-hydrogen) atoms. The molecule has 2 heterocycles. The van der Waals surface area contributed by atoms with Crippen molar-refractivity contribution in [1.82, 2.24) is 15.1 Å². The Hall–Kier alpha value is -0.120. The number of nitrogens with zero attached hydrogens (tertiary/aromatic N) is 2. The molecule has 0 aliphatic carbocycles. The van der Waals surface area contributed by atoms with Crippen LogP contribution in [0.2, 0.25) is 0 Å². The molecule has 1 N–H and O–H groups in total. The lowest BCUT2D eigenvalue weighted by Crippen LogP contribution is -2.55. The van der Waals surface area contributed by atoms with Gasteiger partial charge < -0.3 is 10.2 Å². The van der Waals surface area contributed by atoms with Gasteiger partial charge in [0.25, 0.3) is 0 Å². The molecule has 2 aliphatic heterocycles. The van der Waals surface area contributed by atoms with E-state index in [1.54, 1.807) is 0 Å². The molecule has 100 valence electrons. The van der Waals surface area contributed by atoms with Gasteiger partial charge in [-0.2, -0.15) is 0 Å². The van der Waals surface area contributed by atoms with Crippen LogP contribution in [-0.4, -0.2) is 61.7 Å². The largest absolute Gasteiger partial charge is 0.315 e. The average molecular weight is 239 g/mol. The molecule has 0 aromatic rings. The minimum atomic E-state index is 0.792. The van der Waals surface area contributed by atoms with Gasteiger partial charge in [0.1, 0.15) is 0 Å². The van der Waals surface area contributed by atoms with Crippen molar-refractivity contribution in [2.45, 2.75) is 51.1 Å². The summed E-state index contributed by atoms with van der Waals surface area (Å²) in [6.07, 6.45) is 6.82. The Balaban J connectivity index is 1.94. The molecule has 2 rings (SSSR count). The predicted octanol–water partition coefficient (Wildman–Crippen LogP) is 1.54. The van der Waals surface area contributed by atoms with Crippen LogP contribution in [0.5, 0.6) is 0 Å². The van der Waals surface area contributed by atoms with E-state index in [-0.39, 0.29) is 0 Å². The molecule has 2 saturated heterocycles. The maximum atomic E-state index is 3.57. The van der Waals surface area contributed by atoms with Gasteiger partial charge in [0.05, 0.1) is 0 Å². The highest BCUT2D eigenvalue weighted by atomic mass is 15.3. The van der Waals surface area contributed by atoms with E-state index in [4.69, 9.17) is 0 Å². The first kappa shape index (κ1) is 13.3. The van der Waals surface area contributed by atoms with E-state index in [0.717, 1.165) is 12.1 Å². The Morgan fingerprint density at radius 2 is 2.06 bits per heavy atom. The standard InChI is InChI=1S/C14H29N3/c1-3-9-17(13-6-4-8-15-11-13)14-7-5-10-16(2)12-14/h13-15H,3-12H2,1-2H3. The van der Waals surface area contributed by atoms with E-state index in [0.29, 0.717) is 0 Å². The third-order valence-electron chi connectivity index (χ3n) is 4.29. The summed E-state index contributed by atoms with van der Waals surface area (Å²) in [4.78, 5) is 5.31. The van der Waals surface area contributed by atoms with Crippen LogP contribution >= 0.6 is 0 Å². The molecule has 2 unspecified atom stereocenters. The van der Waals surface area contributed by atoms with Crippen LogP contribution in [-0.2, 0) is 0 Å². The average Bonchev–Trinajstić information content (AvgIpc) is 2.37. The number of piperidine rings is 2.